The van der Waals surface area contributed by atoms with Gasteiger partial charge in [-0.05, 0) is 18.1 Å². The van der Waals surface area contributed by atoms with E-state index in [2.05, 4.69) is 30.1 Å². The maximum absolute atomic E-state index is 6.17. The number of nitrogens with two attached hydrogens (primary N) is 1. The third-order valence-corrected chi connectivity index (χ3v) is 2.89. The Morgan fingerprint density at radius 2 is 2.06 bits per heavy atom. The number of aromatic amines is 1. The molecule has 0 aliphatic carbocycles. The van der Waals surface area contributed by atoms with Gasteiger partial charge in [-0.15, -0.1) is 12.4 Å². The molecule has 1 heterocycles. The van der Waals surface area contributed by atoms with Crippen molar-refractivity contribution < 1.29 is 0 Å². The Labute approximate surface area is 103 Å². The Kier molecular flexibility index (Phi) is 4.84. The lowest BCUT2D eigenvalue weighted by atomic mass is 10.0. The highest BCUT2D eigenvalue weighted by atomic mass is 35.5. The van der Waals surface area contributed by atoms with Gasteiger partial charge in [0.05, 0.1) is 0 Å². The number of unbranched alkanes of at least 4 members (excludes halogenated alkanes) is 1. The van der Waals surface area contributed by atoms with Gasteiger partial charge in [0.25, 0.3) is 0 Å². The quantitative estimate of drug-likeness (QED) is 0.836. The molecule has 2 aromatic rings. The molecule has 1 aromatic carbocycles. The number of hydrogen-bond donors (Lipinski definition) is 2. The minimum absolute atomic E-state index is 0. The van der Waals surface area contributed by atoms with Crippen LogP contribution in [0.15, 0.2) is 30.5 Å². The Morgan fingerprint density at radius 1 is 1.31 bits per heavy atom. The molecule has 0 radical (unpaired) electrons. The minimum atomic E-state index is 0. The van der Waals surface area contributed by atoms with Crippen LogP contribution in [-0.4, -0.2) is 4.98 Å². The zero-order valence-corrected chi connectivity index (χ0v) is 10.4. The Balaban J connectivity index is 0.00000128. The standard InChI is InChI=1S/C13H18N2.ClH/c1-2-3-7-12(14)11-9-15-13-8-5-4-6-10(11)13;/h4-6,8-9,12,15H,2-3,7,14H2,1H3;1H/t12-;/m0./s1. The number of halogens is 1. The average Bonchev–Trinajstić information content (AvgIpc) is 2.69. The van der Waals surface area contributed by atoms with E-state index < -0.39 is 0 Å². The Morgan fingerprint density at radius 3 is 2.81 bits per heavy atom. The van der Waals surface area contributed by atoms with Crippen LogP contribution in [0.1, 0.15) is 37.8 Å². The first-order chi connectivity index (χ1) is 7.33. The highest BCUT2D eigenvalue weighted by Crippen LogP contribution is 2.25. The van der Waals surface area contributed by atoms with E-state index in [1.807, 2.05) is 12.3 Å². The Bertz CT molecular complexity index is 436. The molecular weight excluding hydrogens is 220 g/mol. The summed E-state index contributed by atoms with van der Waals surface area (Å²) in [6.07, 6.45) is 5.51. The van der Waals surface area contributed by atoms with E-state index in [0.717, 1.165) is 6.42 Å². The fourth-order valence-corrected chi connectivity index (χ4v) is 1.98. The van der Waals surface area contributed by atoms with Gasteiger partial charge in [-0.25, -0.2) is 0 Å². The van der Waals surface area contributed by atoms with E-state index in [1.54, 1.807) is 0 Å². The number of H-pyrrole nitrogens is 1. The lowest BCUT2D eigenvalue weighted by molar-refractivity contribution is 0.606. The summed E-state index contributed by atoms with van der Waals surface area (Å²) in [5, 5.41) is 1.26. The number of hydrogen-bond acceptors (Lipinski definition) is 1. The third kappa shape index (κ3) is 2.57. The molecule has 0 saturated carbocycles. The van der Waals surface area contributed by atoms with Crippen LogP contribution in [0.2, 0.25) is 0 Å². The highest BCUT2D eigenvalue weighted by molar-refractivity contribution is 5.85. The van der Waals surface area contributed by atoms with Crippen molar-refractivity contribution in [3.05, 3.63) is 36.0 Å². The molecule has 88 valence electrons. The topological polar surface area (TPSA) is 41.8 Å². The van der Waals surface area contributed by atoms with Gasteiger partial charge in [-0.3, -0.25) is 0 Å². The molecule has 16 heavy (non-hydrogen) atoms. The van der Waals surface area contributed by atoms with Gasteiger partial charge in [0, 0.05) is 23.1 Å². The van der Waals surface area contributed by atoms with E-state index >= 15 is 0 Å². The molecular formula is C13H19ClN2. The normalized spacial score (nSPS) is 12.4. The number of para-hydroxylation sites is 1. The summed E-state index contributed by atoms with van der Waals surface area (Å²) < 4.78 is 0. The lowest BCUT2D eigenvalue weighted by Gasteiger charge is -2.09. The molecule has 0 spiro atoms. The molecule has 0 aliphatic rings. The molecule has 0 fully saturated rings. The zero-order chi connectivity index (χ0) is 10.7. The lowest BCUT2D eigenvalue weighted by Crippen LogP contribution is -2.09. The molecule has 0 saturated heterocycles. The molecule has 2 rings (SSSR count). The van der Waals surface area contributed by atoms with Crippen molar-refractivity contribution in [3.8, 4) is 0 Å². The molecule has 3 heteroatoms. The summed E-state index contributed by atoms with van der Waals surface area (Å²) in [5.41, 5.74) is 8.60. The van der Waals surface area contributed by atoms with E-state index in [1.165, 1.54) is 29.3 Å². The molecule has 0 bridgehead atoms. The molecule has 0 amide bonds. The van der Waals surface area contributed by atoms with Crippen molar-refractivity contribution in [2.24, 2.45) is 5.73 Å². The molecule has 1 aromatic heterocycles. The van der Waals surface area contributed by atoms with Crippen molar-refractivity contribution in [1.82, 2.24) is 4.98 Å². The van der Waals surface area contributed by atoms with Gasteiger partial charge in [0.2, 0.25) is 0 Å². The number of fused-ring (bicyclic) bond motifs is 1. The minimum Gasteiger partial charge on any atom is -0.361 e. The van der Waals surface area contributed by atoms with Crippen LogP contribution >= 0.6 is 12.4 Å². The van der Waals surface area contributed by atoms with E-state index in [9.17, 15) is 0 Å². The summed E-state index contributed by atoms with van der Waals surface area (Å²) in [5.74, 6) is 0. The van der Waals surface area contributed by atoms with Gasteiger partial charge < -0.3 is 10.7 Å². The fourth-order valence-electron chi connectivity index (χ4n) is 1.98. The average molecular weight is 239 g/mol. The zero-order valence-electron chi connectivity index (χ0n) is 9.57. The van der Waals surface area contributed by atoms with E-state index in [4.69, 9.17) is 5.73 Å². The van der Waals surface area contributed by atoms with Gasteiger partial charge >= 0.3 is 0 Å². The summed E-state index contributed by atoms with van der Waals surface area (Å²) in [4.78, 5) is 3.27. The molecule has 0 aliphatic heterocycles. The van der Waals surface area contributed by atoms with Crippen LogP contribution in [0, 0.1) is 0 Å². The van der Waals surface area contributed by atoms with Crippen molar-refractivity contribution in [3.63, 3.8) is 0 Å². The van der Waals surface area contributed by atoms with Crippen LogP contribution in [0.3, 0.4) is 0 Å². The van der Waals surface area contributed by atoms with Crippen LogP contribution in [0.5, 0.6) is 0 Å². The van der Waals surface area contributed by atoms with Crippen molar-refractivity contribution in [2.75, 3.05) is 0 Å². The van der Waals surface area contributed by atoms with Crippen molar-refractivity contribution in [1.29, 1.82) is 0 Å². The summed E-state index contributed by atoms with van der Waals surface area (Å²) in [7, 11) is 0. The highest BCUT2D eigenvalue weighted by Gasteiger charge is 2.10. The maximum atomic E-state index is 6.17. The molecule has 3 N–H and O–H groups in total. The van der Waals surface area contributed by atoms with Crippen LogP contribution in [0.25, 0.3) is 10.9 Å². The number of nitrogens with one attached hydrogen (secondary N) is 1. The first-order valence-electron chi connectivity index (χ1n) is 5.64. The number of rotatable bonds is 4. The number of benzene rings is 1. The van der Waals surface area contributed by atoms with E-state index in [0.29, 0.717) is 0 Å². The van der Waals surface area contributed by atoms with Crippen molar-refractivity contribution in [2.45, 2.75) is 32.2 Å². The Hall–Kier alpha value is -0.990. The largest absolute Gasteiger partial charge is 0.361 e. The third-order valence-electron chi connectivity index (χ3n) is 2.89. The molecule has 2 nitrogen and oxygen atoms in total. The van der Waals surface area contributed by atoms with Gasteiger partial charge in [0.1, 0.15) is 0 Å². The SMILES string of the molecule is CCCC[C@H](N)c1c[nH]c2ccccc12.Cl. The predicted octanol–water partition coefficient (Wildman–Crippen LogP) is 3.78. The second kappa shape index (κ2) is 5.92. The van der Waals surface area contributed by atoms with Crippen LogP contribution < -0.4 is 5.73 Å². The van der Waals surface area contributed by atoms with E-state index in [-0.39, 0.29) is 18.4 Å². The monoisotopic (exact) mass is 238 g/mol. The second-order valence-corrected chi connectivity index (χ2v) is 4.04. The summed E-state index contributed by atoms with van der Waals surface area (Å²) in [6.45, 7) is 2.20. The number of aromatic nitrogens is 1. The first kappa shape index (κ1) is 13.1. The summed E-state index contributed by atoms with van der Waals surface area (Å²) >= 11 is 0. The van der Waals surface area contributed by atoms with Crippen LogP contribution in [-0.2, 0) is 0 Å². The molecule has 1 atom stereocenters. The second-order valence-electron chi connectivity index (χ2n) is 4.04. The smallest absolute Gasteiger partial charge is 0.0457 e. The van der Waals surface area contributed by atoms with Crippen molar-refractivity contribution >= 4 is 23.3 Å². The first-order valence-corrected chi connectivity index (χ1v) is 5.64. The fraction of sp³-hybridized carbons (Fsp3) is 0.385. The van der Waals surface area contributed by atoms with Crippen LogP contribution in [0.4, 0.5) is 0 Å². The maximum Gasteiger partial charge on any atom is 0.0457 e. The van der Waals surface area contributed by atoms with Gasteiger partial charge in [0.15, 0.2) is 0 Å². The summed E-state index contributed by atoms with van der Waals surface area (Å²) in [6, 6.07) is 8.49. The predicted molar refractivity (Wildman–Crippen MR) is 72.0 cm³/mol. The van der Waals surface area contributed by atoms with Gasteiger partial charge in [-0.2, -0.15) is 0 Å². The van der Waals surface area contributed by atoms with Gasteiger partial charge in [-0.1, -0.05) is 38.0 Å². The molecule has 0 unspecified atom stereocenters.